The molecule has 0 aromatic heterocycles. The van der Waals surface area contributed by atoms with Gasteiger partial charge in [0.05, 0.1) is 24.4 Å². The highest BCUT2D eigenvalue weighted by atomic mass is 16.5. The molecular formula is C28H40O4. The largest absolute Gasteiger partial charge is 0.490 e. The van der Waals surface area contributed by atoms with Crippen molar-refractivity contribution in [2.75, 3.05) is 0 Å². The predicted molar refractivity (Wildman–Crippen MR) is 124 cm³/mol. The van der Waals surface area contributed by atoms with E-state index >= 15 is 0 Å². The van der Waals surface area contributed by atoms with E-state index in [0.717, 1.165) is 56.4 Å². The molecule has 0 aliphatic heterocycles. The molecule has 2 N–H and O–H groups in total. The molecule has 5 aliphatic rings. The van der Waals surface area contributed by atoms with E-state index in [1.54, 1.807) is 0 Å². The van der Waals surface area contributed by atoms with Crippen LogP contribution in [0.1, 0.15) is 101 Å². The van der Waals surface area contributed by atoms with Gasteiger partial charge in [0.1, 0.15) is 11.5 Å². The van der Waals surface area contributed by atoms with Crippen LogP contribution in [0, 0.1) is 17.3 Å². The molecule has 0 amide bonds. The molecule has 1 aromatic carbocycles. The summed E-state index contributed by atoms with van der Waals surface area (Å²) in [6.45, 7) is 2.22. The first-order valence-corrected chi connectivity index (χ1v) is 13.4. The lowest BCUT2D eigenvalue weighted by molar-refractivity contribution is -0.0508. The molecule has 1 aromatic rings. The van der Waals surface area contributed by atoms with Crippen LogP contribution < -0.4 is 9.47 Å². The van der Waals surface area contributed by atoms with Crippen LogP contribution in [-0.2, 0) is 6.42 Å². The Morgan fingerprint density at radius 2 is 1.56 bits per heavy atom. The molecule has 0 radical (unpaired) electrons. The Morgan fingerprint density at radius 3 is 2.28 bits per heavy atom. The van der Waals surface area contributed by atoms with Crippen molar-refractivity contribution >= 4 is 0 Å². The third kappa shape index (κ3) is 3.48. The van der Waals surface area contributed by atoms with Crippen molar-refractivity contribution in [2.45, 2.75) is 121 Å². The van der Waals surface area contributed by atoms with Crippen LogP contribution >= 0.6 is 0 Å². The van der Waals surface area contributed by atoms with E-state index in [1.165, 1.54) is 49.7 Å². The van der Waals surface area contributed by atoms with Gasteiger partial charge in [0.2, 0.25) is 0 Å². The molecule has 5 aliphatic carbocycles. The zero-order valence-electron chi connectivity index (χ0n) is 19.6. The number of aliphatic hydroxyl groups is 2. The second-order valence-corrected chi connectivity index (χ2v) is 11.8. The van der Waals surface area contributed by atoms with Crippen LogP contribution in [0.5, 0.6) is 11.5 Å². The van der Waals surface area contributed by atoms with Gasteiger partial charge >= 0.3 is 0 Å². The summed E-state index contributed by atoms with van der Waals surface area (Å²) in [7, 11) is 0. The molecular weight excluding hydrogens is 400 g/mol. The number of fused-ring (bicyclic) bond motifs is 5. The van der Waals surface area contributed by atoms with Crippen molar-refractivity contribution in [3.05, 3.63) is 23.3 Å². The van der Waals surface area contributed by atoms with E-state index in [0.29, 0.717) is 30.0 Å². The van der Waals surface area contributed by atoms with E-state index in [9.17, 15) is 10.2 Å². The third-order valence-corrected chi connectivity index (χ3v) is 9.93. The zero-order chi connectivity index (χ0) is 21.9. The van der Waals surface area contributed by atoms with Crippen LogP contribution in [0.4, 0.5) is 0 Å². The minimum atomic E-state index is -0.578. The van der Waals surface area contributed by atoms with E-state index in [4.69, 9.17) is 9.47 Å². The SMILES string of the molecule is C[C@]12CC[C@@H]3c4c(cc(OC5CCCC5)cc4OC4CCCC4)CC[C@@H]3[C@@H]1C[C@@H](O)[C@@H]2O. The molecule has 6 rings (SSSR count). The summed E-state index contributed by atoms with van der Waals surface area (Å²) in [5.41, 5.74) is 2.72. The van der Waals surface area contributed by atoms with Crippen molar-refractivity contribution in [2.24, 2.45) is 17.3 Å². The average molecular weight is 441 g/mol. The predicted octanol–water partition coefficient (Wildman–Crippen LogP) is 5.52. The molecule has 0 spiro atoms. The summed E-state index contributed by atoms with van der Waals surface area (Å²) in [6, 6.07) is 4.53. The molecule has 4 fully saturated rings. The maximum absolute atomic E-state index is 10.8. The first-order chi connectivity index (χ1) is 15.5. The number of hydrogen-bond donors (Lipinski definition) is 2. The lowest BCUT2D eigenvalue weighted by atomic mass is 9.55. The van der Waals surface area contributed by atoms with Gasteiger partial charge in [-0.2, -0.15) is 0 Å². The molecule has 4 heteroatoms. The first-order valence-electron chi connectivity index (χ1n) is 13.4. The Bertz CT molecular complexity index is 840. The molecule has 0 unspecified atom stereocenters. The molecule has 4 saturated carbocycles. The minimum absolute atomic E-state index is 0.143. The Balaban J connectivity index is 1.34. The van der Waals surface area contributed by atoms with E-state index in [1.807, 2.05) is 0 Å². The second kappa shape index (κ2) is 8.20. The normalized spacial score (nSPS) is 39.5. The van der Waals surface area contributed by atoms with Gasteiger partial charge < -0.3 is 19.7 Å². The molecule has 0 bridgehead atoms. The standard InChI is InChI=1S/C28H40O4/c1-28-13-12-22-21(23(28)16-24(29)27(28)30)11-10-17-14-20(31-18-6-2-3-7-18)15-25(26(17)22)32-19-8-4-5-9-19/h14-15,18-19,21-24,27,29-30H,2-13,16H2,1H3/t21-,22-,23-,24+,27-,28-/m0/s1. The van der Waals surface area contributed by atoms with Gasteiger partial charge in [-0.1, -0.05) is 6.92 Å². The van der Waals surface area contributed by atoms with Crippen LogP contribution in [0.15, 0.2) is 12.1 Å². The lowest BCUT2D eigenvalue weighted by Crippen LogP contribution is -2.45. The zero-order valence-corrected chi connectivity index (χ0v) is 19.6. The van der Waals surface area contributed by atoms with E-state index < -0.39 is 12.2 Å². The molecule has 4 nitrogen and oxygen atoms in total. The van der Waals surface area contributed by atoms with Gasteiger partial charge in [-0.25, -0.2) is 0 Å². The highest BCUT2D eigenvalue weighted by Crippen LogP contribution is 2.62. The fraction of sp³-hybridized carbons (Fsp3) is 0.786. The Labute approximate surface area is 192 Å². The fourth-order valence-corrected chi connectivity index (χ4v) is 8.19. The van der Waals surface area contributed by atoms with E-state index in [-0.39, 0.29) is 5.41 Å². The monoisotopic (exact) mass is 440 g/mol. The van der Waals surface area contributed by atoms with Gasteiger partial charge in [-0.15, -0.1) is 0 Å². The van der Waals surface area contributed by atoms with Crippen molar-refractivity contribution in [3.8, 4) is 11.5 Å². The summed E-state index contributed by atoms with van der Waals surface area (Å²) >= 11 is 0. The van der Waals surface area contributed by atoms with Gasteiger partial charge in [-0.05, 0) is 118 Å². The molecule has 0 heterocycles. The Hall–Kier alpha value is -1.26. The number of aliphatic hydroxyl groups excluding tert-OH is 2. The third-order valence-electron chi connectivity index (χ3n) is 9.93. The van der Waals surface area contributed by atoms with Gasteiger partial charge in [0, 0.05) is 11.6 Å². The summed E-state index contributed by atoms with van der Waals surface area (Å²) in [6.07, 6.45) is 14.3. The number of benzene rings is 1. The van der Waals surface area contributed by atoms with Crippen molar-refractivity contribution < 1.29 is 19.7 Å². The van der Waals surface area contributed by atoms with Crippen LogP contribution in [0.3, 0.4) is 0 Å². The van der Waals surface area contributed by atoms with Crippen molar-refractivity contribution in [3.63, 3.8) is 0 Å². The maximum atomic E-state index is 10.8. The maximum Gasteiger partial charge on any atom is 0.127 e. The van der Waals surface area contributed by atoms with Crippen molar-refractivity contribution in [1.29, 1.82) is 0 Å². The van der Waals surface area contributed by atoms with E-state index in [2.05, 4.69) is 19.1 Å². The number of hydrogen-bond acceptors (Lipinski definition) is 4. The van der Waals surface area contributed by atoms with Crippen LogP contribution in [-0.4, -0.2) is 34.6 Å². The molecule has 6 atom stereocenters. The summed E-state index contributed by atoms with van der Waals surface area (Å²) in [5, 5.41) is 21.3. The topological polar surface area (TPSA) is 58.9 Å². The Kier molecular flexibility index (Phi) is 5.45. The second-order valence-electron chi connectivity index (χ2n) is 11.8. The van der Waals surface area contributed by atoms with Crippen LogP contribution in [0.25, 0.3) is 0 Å². The molecule has 32 heavy (non-hydrogen) atoms. The first kappa shape index (κ1) is 21.3. The Morgan fingerprint density at radius 1 is 0.875 bits per heavy atom. The van der Waals surface area contributed by atoms with Gasteiger partial charge in [-0.3, -0.25) is 0 Å². The fourth-order valence-electron chi connectivity index (χ4n) is 8.19. The molecule has 176 valence electrons. The average Bonchev–Trinajstić information content (AvgIpc) is 3.52. The quantitative estimate of drug-likeness (QED) is 0.647. The van der Waals surface area contributed by atoms with Gasteiger partial charge in [0.15, 0.2) is 0 Å². The summed E-state index contributed by atoms with van der Waals surface area (Å²) in [5.74, 6) is 3.49. The van der Waals surface area contributed by atoms with Crippen LogP contribution in [0.2, 0.25) is 0 Å². The minimum Gasteiger partial charge on any atom is -0.490 e. The molecule has 0 saturated heterocycles. The number of ether oxygens (including phenoxy) is 2. The van der Waals surface area contributed by atoms with Crippen molar-refractivity contribution in [1.82, 2.24) is 0 Å². The summed E-state index contributed by atoms with van der Waals surface area (Å²) in [4.78, 5) is 0. The highest BCUT2D eigenvalue weighted by molar-refractivity contribution is 5.51. The van der Waals surface area contributed by atoms with Gasteiger partial charge in [0.25, 0.3) is 0 Å². The number of aryl methyl sites for hydroxylation is 1. The summed E-state index contributed by atoms with van der Waals surface area (Å²) < 4.78 is 13.2. The number of rotatable bonds is 4. The smallest absolute Gasteiger partial charge is 0.127 e. The lowest BCUT2D eigenvalue weighted by Gasteiger charge is -2.50. The highest BCUT2D eigenvalue weighted by Gasteiger charge is 2.58.